The van der Waals surface area contributed by atoms with Crippen molar-refractivity contribution in [3.05, 3.63) is 56.1 Å². The van der Waals surface area contributed by atoms with Crippen LogP contribution < -0.4 is 0 Å². The summed E-state index contributed by atoms with van der Waals surface area (Å²) in [6, 6.07) is 10.9. The molecule has 1 heterocycles. The van der Waals surface area contributed by atoms with Crippen molar-refractivity contribution in [1.82, 2.24) is 9.55 Å². The first-order chi connectivity index (χ1) is 9.06. The zero-order chi connectivity index (χ0) is 13.6. The van der Waals surface area contributed by atoms with Crippen molar-refractivity contribution in [2.45, 2.75) is 6.92 Å². The number of halogens is 2. The van der Waals surface area contributed by atoms with Crippen LogP contribution in [0.25, 0.3) is 16.7 Å². The van der Waals surface area contributed by atoms with Gasteiger partial charge in [-0.05, 0) is 77.6 Å². The molecule has 2 nitrogen and oxygen atoms in total. The lowest BCUT2D eigenvalue weighted by Gasteiger charge is -2.07. The molecule has 3 aromatic rings. The van der Waals surface area contributed by atoms with Gasteiger partial charge < -0.3 is 4.98 Å². The van der Waals surface area contributed by atoms with Crippen molar-refractivity contribution in [2.24, 2.45) is 0 Å². The molecule has 0 unspecified atom stereocenters. The molecular weight excluding hydrogens is 374 g/mol. The highest BCUT2D eigenvalue weighted by molar-refractivity contribution is 14.1. The van der Waals surface area contributed by atoms with Gasteiger partial charge >= 0.3 is 0 Å². The van der Waals surface area contributed by atoms with Gasteiger partial charge in [0, 0.05) is 3.57 Å². The van der Waals surface area contributed by atoms with E-state index in [9.17, 15) is 4.39 Å². The van der Waals surface area contributed by atoms with E-state index in [2.05, 4.69) is 27.6 Å². The van der Waals surface area contributed by atoms with E-state index in [-0.39, 0.29) is 5.82 Å². The topological polar surface area (TPSA) is 20.7 Å². The first kappa shape index (κ1) is 12.8. The Morgan fingerprint density at radius 3 is 2.79 bits per heavy atom. The largest absolute Gasteiger partial charge is 0.330 e. The van der Waals surface area contributed by atoms with E-state index >= 15 is 0 Å². The number of aromatic nitrogens is 2. The fraction of sp³-hybridized carbons (Fsp3) is 0.0714. The maximum absolute atomic E-state index is 14.0. The Kier molecular flexibility index (Phi) is 3.18. The third kappa shape index (κ3) is 2.21. The number of hydrogen-bond donors (Lipinski definition) is 1. The third-order valence-electron chi connectivity index (χ3n) is 2.99. The number of hydrogen-bond acceptors (Lipinski definition) is 1. The van der Waals surface area contributed by atoms with E-state index in [1.54, 1.807) is 16.7 Å². The fourth-order valence-corrected chi connectivity index (χ4v) is 2.91. The predicted octanol–water partition coefficient (Wildman–Crippen LogP) is 4.74. The van der Waals surface area contributed by atoms with Crippen LogP contribution in [-0.4, -0.2) is 9.55 Å². The van der Waals surface area contributed by atoms with Crippen LogP contribution in [0.2, 0.25) is 0 Å². The van der Waals surface area contributed by atoms with Crippen molar-refractivity contribution >= 4 is 45.8 Å². The van der Waals surface area contributed by atoms with Gasteiger partial charge in [0.15, 0.2) is 4.77 Å². The van der Waals surface area contributed by atoms with Gasteiger partial charge in [0.25, 0.3) is 0 Å². The Bertz CT molecular complexity index is 835. The van der Waals surface area contributed by atoms with Crippen molar-refractivity contribution in [2.75, 3.05) is 0 Å². The number of benzene rings is 2. The normalized spacial score (nSPS) is 11.1. The number of nitrogens with one attached hydrogen (secondary N) is 1. The minimum absolute atomic E-state index is 0.277. The molecule has 0 aliphatic rings. The van der Waals surface area contributed by atoms with E-state index in [1.807, 2.05) is 25.1 Å². The molecule has 2 aromatic carbocycles. The van der Waals surface area contributed by atoms with Crippen LogP contribution in [0.5, 0.6) is 0 Å². The molecule has 3 rings (SSSR count). The molecule has 0 aliphatic heterocycles. The summed E-state index contributed by atoms with van der Waals surface area (Å²) in [6.07, 6.45) is 0. The number of imidazole rings is 1. The average molecular weight is 384 g/mol. The second-order valence-electron chi connectivity index (χ2n) is 4.38. The fourth-order valence-electron chi connectivity index (χ4n) is 2.12. The molecule has 96 valence electrons. The van der Waals surface area contributed by atoms with Gasteiger partial charge in [-0.15, -0.1) is 0 Å². The summed E-state index contributed by atoms with van der Waals surface area (Å²) in [5.74, 6) is -0.277. The van der Waals surface area contributed by atoms with Crippen LogP contribution in [0, 0.1) is 21.1 Å². The highest BCUT2D eigenvalue weighted by Gasteiger charge is 2.11. The maximum Gasteiger partial charge on any atom is 0.182 e. The summed E-state index contributed by atoms with van der Waals surface area (Å²) in [7, 11) is 0. The molecule has 1 N–H and O–H groups in total. The van der Waals surface area contributed by atoms with Gasteiger partial charge in [0.1, 0.15) is 5.82 Å². The van der Waals surface area contributed by atoms with Crippen molar-refractivity contribution < 1.29 is 4.39 Å². The minimum Gasteiger partial charge on any atom is -0.330 e. The number of aromatic amines is 1. The standard InChI is InChI=1S/C14H10FIN2S/c1-8-2-4-10(15)13(6-8)18-12-5-3-9(16)7-11(12)17-14(18)19/h2-7H,1H3,(H,17,19). The van der Waals surface area contributed by atoms with Crippen LogP contribution in [0.4, 0.5) is 4.39 Å². The Morgan fingerprint density at radius 1 is 1.21 bits per heavy atom. The Hall–Kier alpha value is -1.21. The van der Waals surface area contributed by atoms with Crippen molar-refractivity contribution in [3.8, 4) is 5.69 Å². The molecule has 0 amide bonds. The summed E-state index contributed by atoms with van der Waals surface area (Å²) in [6.45, 7) is 1.93. The average Bonchev–Trinajstić information content (AvgIpc) is 2.67. The Labute approximate surface area is 128 Å². The molecule has 19 heavy (non-hydrogen) atoms. The predicted molar refractivity (Wildman–Crippen MR) is 85.9 cm³/mol. The number of fused-ring (bicyclic) bond motifs is 1. The van der Waals surface area contributed by atoms with Crippen LogP contribution in [0.1, 0.15) is 5.56 Å². The van der Waals surface area contributed by atoms with Crippen LogP contribution in [0.3, 0.4) is 0 Å². The SMILES string of the molecule is Cc1ccc(F)c(-n2c(=S)[nH]c3cc(I)ccc32)c1. The van der Waals surface area contributed by atoms with Gasteiger partial charge in [0.2, 0.25) is 0 Å². The molecule has 0 fully saturated rings. The summed E-state index contributed by atoms with van der Waals surface area (Å²) in [5.41, 5.74) is 3.28. The number of nitrogens with zero attached hydrogens (tertiary/aromatic N) is 1. The third-order valence-corrected chi connectivity index (χ3v) is 3.94. The molecule has 0 bridgehead atoms. The van der Waals surface area contributed by atoms with Crippen LogP contribution >= 0.6 is 34.8 Å². The van der Waals surface area contributed by atoms with Crippen molar-refractivity contribution in [1.29, 1.82) is 0 Å². The van der Waals surface area contributed by atoms with E-state index in [0.717, 1.165) is 20.2 Å². The lowest BCUT2D eigenvalue weighted by molar-refractivity contribution is 0.618. The lowest BCUT2D eigenvalue weighted by atomic mass is 10.2. The lowest BCUT2D eigenvalue weighted by Crippen LogP contribution is -1.98. The molecule has 0 radical (unpaired) electrons. The van der Waals surface area contributed by atoms with Gasteiger partial charge in [-0.1, -0.05) is 6.07 Å². The van der Waals surface area contributed by atoms with E-state index < -0.39 is 0 Å². The van der Waals surface area contributed by atoms with Crippen LogP contribution in [0.15, 0.2) is 36.4 Å². The summed E-state index contributed by atoms with van der Waals surface area (Å²) < 4.78 is 17.4. The molecule has 0 saturated carbocycles. The minimum atomic E-state index is -0.277. The highest BCUT2D eigenvalue weighted by Crippen LogP contribution is 2.23. The Morgan fingerprint density at radius 2 is 2.00 bits per heavy atom. The van der Waals surface area contributed by atoms with Gasteiger partial charge in [0.05, 0.1) is 16.7 Å². The van der Waals surface area contributed by atoms with E-state index in [4.69, 9.17) is 12.2 Å². The molecule has 1 aromatic heterocycles. The first-order valence-electron chi connectivity index (χ1n) is 5.73. The Balaban J connectivity index is 2.39. The monoisotopic (exact) mass is 384 g/mol. The number of rotatable bonds is 1. The zero-order valence-electron chi connectivity index (χ0n) is 10.1. The van der Waals surface area contributed by atoms with E-state index in [0.29, 0.717) is 10.5 Å². The summed E-state index contributed by atoms with van der Waals surface area (Å²) in [4.78, 5) is 3.12. The smallest absolute Gasteiger partial charge is 0.182 e. The molecular formula is C14H10FIN2S. The first-order valence-corrected chi connectivity index (χ1v) is 7.22. The highest BCUT2D eigenvalue weighted by atomic mass is 127. The van der Waals surface area contributed by atoms with Gasteiger partial charge in [-0.2, -0.15) is 0 Å². The maximum atomic E-state index is 14.0. The van der Waals surface area contributed by atoms with E-state index in [1.165, 1.54) is 6.07 Å². The van der Waals surface area contributed by atoms with Gasteiger partial charge in [-0.3, -0.25) is 4.57 Å². The number of aryl methyl sites for hydroxylation is 1. The van der Waals surface area contributed by atoms with Crippen LogP contribution in [-0.2, 0) is 0 Å². The zero-order valence-corrected chi connectivity index (χ0v) is 13.0. The van der Waals surface area contributed by atoms with Crippen molar-refractivity contribution in [3.63, 3.8) is 0 Å². The summed E-state index contributed by atoms with van der Waals surface area (Å²) in [5, 5.41) is 0. The summed E-state index contributed by atoms with van der Waals surface area (Å²) >= 11 is 7.56. The molecule has 5 heteroatoms. The molecule has 0 spiro atoms. The molecule has 0 saturated heterocycles. The number of H-pyrrole nitrogens is 1. The van der Waals surface area contributed by atoms with Gasteiger partial charge in [-0.25, -0.2) is 4.39 Å². The second-order valence-corrected chi connectivity index (χ2v) is 6.01. The quantitative estimate of drug-likeness (QED) is 0.475. The molecule has 0 atom stereocenters. The second kappa shape index (κ2) is 4.72. The molecule has 0 aliphatic carbocycles.